The van der Waals surface area contributed by atoms with Gasteiger partial charge in [0.05, 0.1) is 29.0 Å². The monoisotopic (exact) mass is 549 g/mol. The number of aryl methyl sites for hydroxylation is 1. The summed E-state index contributed by atoms with van der Waals surface area (Å²) in [6.07, 6.45) is 1.58. The number of aromatic nitrogens is 2. The van der Waals surface area contributed by atoms with E-state index in [1.54, 1.807) is 35.8 Å². The number of rotatable bonds is 9. The fourth-order valence-electron chi connectivity index (χ4n) is 5.67. The number of nitrogens with one attached hydrogen (secondary N) is 1. The minimum Gasteiger partial charge on any atom is -0.508 e. The molecular formula is C29H31N3O8. The Morgan fingerprint density at radius 1 is 1.15 bits per heavy atom. The molecule has 11 heteroatoms. The molecule has 2 aromatic heterocycles. The second-order valence-corrected chi connectivity index (χ2v) is 10.1. The molecule has 0 bridgehead atoms. The zero-order valence-electron chi connectivity index (χ0n) is 22.4. The summed E-state index contributed by atoms with van der Waals surface area (Å²) in [4.78, 5) is 55.2. The van der Waals surface area contributed by atoms with Crippen molar-refractivity contribution in [2.75, 3.05) is 6.54 Å². The number of esters is 1. The number of benzene rings is 1. The first-order valence-corrected chi connectivity index (χ1v) is 13.5. The summed E-state index contributed by atoms with van der Waals surface area (Å²) >= 11 is 0. The highest BCUT2D eigenvalue weighted by Gasteiger charge is 2.50. The Hall–Kier alpha value is -4.41. The lowest BCUT2D eigenvalue weighted by atomic mass is 9.85. The summed E-state index contributed by atoms with van der Waals surface area (Å²) in [6, 6.07) is 6.68. The van der Waals surface area contributed by atoms with Crippen LogP contribution in [0.5, 0.6) is 5.75 Å². The minimum absolute atomic E-state index is 0.0469. The molecule has 0 fully saturated rings. The molecular weight excluding hydrogens is 518 g/mol. The van der Waals surface area contributed by atoms with Crippen molar-refractivity contribution in [1.29, 1.82) is 0 Å². The predicted molar refractivity (Wildman–Crippen MR) is 144 cm³/mol. The first kappa shape index (κ1) is 27.2. The Morgan fingerprint density at radius 2 is 1.95 bits per heavy atom. The number of carboxylic acid groups (broad SMARTS) is 1. The van der Waals surface area contributed by atoms with Gasteiger partial charge in [-0.1, -0.05) is 20.3 Å². The number of carboxylic acids is 1. The van der Waals surface area contributed by atoms with Gasteiger partial charge in [0, 0.05) is 29.5 Å². The number of aromatic hydroxyl groups is 1. The topological polar surface area (TPSA) is 157 Å². The van der Waals surface area contributed by atoms with E-state index in [2.05, 4.69) is 5.32 Å². The number of hydrogen-bond acceptors (Lipinski definition) is 8. The van der Waals surface area contributed by atoms with Crippen LogP contribution in [0.2, 0.25) is 0 Å². The maximum absolute atomic E-state index is 13.7. The van der Waals surface area contributed by atoms with Crippen LogP contribution >= 0.6 is 0 Å². The Bertz CT molecular complexity index is 1590. The van der Waals surface area contributed by atoms with Crippen LogP contribution in [0.1, 0.15) is 68.2 Å². The molecule has 1 aromatic carbocycles. The number of fused-ring (bicyclic) bond motifs is 5. The van der Waals surface area contributed by atoms with Gasteiger partial charge in [0.2, 0.25) is 5.60 Å². The van der Waals surface area contributed by atoms with Crippen LogP contribution in [0, 0.1) is 0 Å². The highest BCUT2D eigenvalue weighted by Crippen LogP contribution is 2.42. The Labute approximate surface area is 229 Å². The van der Waals surface area contributed by atoms with Crippen LogP contribution in [0.3, 0.4) is 0 Å². The van der Waals surface area contributed by atoms with Crippen molar-refractivity contribution >= 4 is 28.9 Å². The smallest absolute Gasteiger partial charge is 0.408 e. The number of phenols is 1. The van der Waals surface area contributed by atoms with E-state index >= 15 is 0 Å². The maximum Gasteiger partial charge on any atom is 0.408 e. The van der Waals surface area contributed by atoms with Gasteiger partial charge in [0.15, 0.2) is 0 Å². The number of aliphatic carboxylic acids is 1. The average Bonchev–Trinajstić information content (AvgIpc) is 3.29. The predicted octanol–water partition coefficient (Wildman–Crippen LogP) is 3.73. The van der Waals surface area contributed by atoms with Gasteiger partial charge in [-0.05, 0) is 55.5 Å². The molecule has 0 unspecified atom stereocenters. The third-order valence-corrected chi connectivity index (χ3v) is 7.71. The van der Waals surface area contributed by atoms with Gasteiger partial charge in [-0.25, -0.2) is 14.6 Å². The fourth-order valence-corrected chi connectivity index (χ4v) is 5.67. The number of ether oxygens (including phenoxy) is 2. The second-order valence-electron chi connectivity index (χ2n) is 10.1. The van der Waals surface area contributed by atoms with E-state index in [1.165, 1.54) is 0 Å². The molecule has 0 spiro atoms. The zero-order valence-corrected chi connectivity index (χ0v) is 22.4. The number of cyclic esters (lactones) is 1. The summed E-state index contributed by atoms with van der Waals surface area (Å²) in [5, 5.41) is 22.2. The van der Waals surface area contributed by atoms with Crippen LogP contribution in [0.4, 0.5) is 4.79 Å². The molecule has 5 rings (SSSR count). The van der Waals surface area contributed by atoms with E-state index in [0.29, 0.717) is 42.6 Å². The van der Waals surface area contributed by atoms with Gasteiger partial charge in [0.1, 0.15) is 12.4 Å². The van der Waals surface area contributed by atoms with Crippen molar-refractivity contribution in [3.63, 3.8) is 0 Å². The Kier molecular flexibility index (Phi) is 7.22. The molecule has 3 aromatic rings. The molecule has 1 atom stereocenters. The minimum atomic E-state index is -1.81. The van der Waals surface area contributed by atoms with Crippen LogP contribution in [-0.2, 0) is 44.2 Å². The SMILES string of the molecule is CCc1c2c(nc3ccc(O)cc13)-c1cc3c(c(=O)n1C2)COC(=O)[C@@]3(CC)OC(=O)NCCCCCC(=O)O. The normalized spacial score (nSPS) is 17.1. The van der Waals surface area contributed by atoms with Gasteiger partial charge < -0.3 is 29.6 Å². The summed E-state index contributed by atoms with van der Waals surface area (Å²) in [5.41, 5.74) is 2.05. The molecule has 0 saturated heterocycles. The first-order valence-electron chi connectivity index (χ1n) is 13.5. The third kappa shape index (κ3) is 4.55. The number of carbonyl (C=O) groups excluding carboxylic acids is 2. The Balaban J connectivity index is 1.51. The number of unbranched alkanes of at least 4 members (excludes halogenated alkanes) is 2. The number of phenolic OH excluding ortho intramolecular Hbond substituents is 1. The fraction of sp³-hybridized carbons (Fsp3) is 0.414. The highest BCUT2D eigenvalue weighted by molar-refractivity contribution is 5.90. The summed E-state index contributed by atoms with van der Waals surface area (Å²) in [6.45, 7) is 3.98. The Morgan fingerprint density at radius 3 is 2.67 bits per heavy atom. The lowest BCUT2D eigenvalue weighted by Gasteiger charge is -2.35. The van der Waals surface area contributed by atoms with Crippen molar-refractivity contribution in [2.24, 2.45) is 0 Å². The molecule has 0 radical (unpaired) electrons. The molecule has 2 aliphatic rings. The molecule has 3 N–H and O–H groups in total. The van der Waals surface area contributed by atoms with E-state index in [-0.39, 0.29) is 55.0 Å². The van der Waals surface area contributed by atoms with E-state index < -0.39 is 23.6 Å². The van der Waals surface area contributed by atoms with Gasteiger partial charge in [-0.15, -0.1) is 0 Å². The molecule has 2 aliphatic heterocycles. The van der Waals surface area contributed by atoms with Gasteiger partial charge in [0.25, 0.3) is 5.56 Å². The number of nitrogens with zero attached hydrogens (tertiary/aromatic N) is 2. The lowest BCUT2D eigenvalue weighted by Crippen LogP contribution is -2.49. The van der Waals surface area contributed by atoms with Gasteiger partial charge in [-0.3, -0.25) is 9.59 Å². The van der Waals surface area contributed by atoms with Crippen molar-refractivity contribution in [3.8, 4) is 17.1 Å². The number of amides is 1. The number of alkyl carbamates (subject to hydrolysis) is 1. The molecule has 11 nitrogen and oxygen atoms in total. The average molecular weight is 550 g/mol. The quantitative estimate of drug-likeness (QED) is 0.209. The van der Waals surface area contributed by atoms with Crippen LogP contribution < -0.4 is 10.9 Å². The third-order valence-electron chi connectivity index (χ3n) is 7.71. The largest absolute Gasteiger partial charge is 0.508 e. The van der Waals surface area contributed by atoms with E-state index in [1.807, 2.05) is 6.92 Å². The standard InChI is InChI=1S/C29H31N3O8/c1-3-17-18-12-16(33)9-10-22(18)31-25-19(17)14-32-23(25)13-21-20(26(32)36)15-39-27(37)29(21,4-2)40-28(38)30-11-7-5-6-8-24(34)35/h9-10,12-13,33H,3-8,11,14-15H2,1-2H3,(H,30,38)(H,34,35)/t29-/m0/s1. The van der Waals surface area contributed by atoms with E-state index in [0.717, 1.165) is 16.5 Å². The van der Waals surface area contributed by atoms with Gasteiger partial charge >= 0.3 is 18.0 Å². The summed E-state index contributed by atoms with van der Waals surface area (Å²) < 4.78 is 12.7. The van der Waals surface area contributed by atoms with Crippen molar-refractivity contribution < 1.29 is 34.1 Å². The number of hydrogen-bond donors (Lipinski definition) is 3. The number of carbonyl (C=O) groups is 3. The maximum atomic E-state index is 13.7. The molecule has 4 heterocycles. The zero-order chi connectivity index (χ0) is 28.6. The lowest BCUT2D eigenvalue weighted by molar-refractivity contribution is -0.172. The summed E-state index contributed by atoms with van der Waals surface area (Å²) in [5.74, 6) is -1.49. The van der Waals surface area contributed by atoms with Crippen LogP contribution in [0.25, 0.3) is 22.3 Å². The highest BCUT2D eigenvalue weighted by atomic mass is 16.6. The van der Waals surface area contributed by atoms with Crippen molar-refractivity contribution in [2.45, 2.75) is 71.1 Å². The molecule has 40 heavy (non-hydrogen) atoms. The van der Waals surface area contributed by atoms with Crippen molar-refractivity contribution in [3.05, 3.63) is 56.9 Å². The molecule has 0 saturated carbocycles. The van der Waals surface area contributed by atoms with E-state index in [4.69, 9.17) is 19.6 Å². The molecule has 210 valence electrons. The summed E-state index contributed by atoms with van der Waals surface area (Å²) in [7, 11) is 0. The number of pyridine rings is 2. The van der Waals surface area contributed by atoms with E-state index in [9.17, 15) is 24.3 Å². The molecule has 0 aliphatic carbocycles. The van der Waals surface area contributed by atoms with Crippen molar-refractivity contribution in [1.82, 2.24) is 14.9 Å². The van der Waals surface area contributed by atoms with Gasteiger partial charge in [-0.2, -0.15) is 0 Å². The first-order chi connectivity index (χ1) is 19.2. The van der Waals surface area contributed by atoms with Crippen LogP contribution in [0.15, 0.2) is 29.1 Å². The van der Waals surface area contributed by atoms with Crippen LogP contribution in [-0.4, -0.2) is 44.3 Å². The molecule has 1 amide bonds. The second kappa shape index (κ2) is 10.6.